The highest BCUT2D eigenvalue weighted by Crippen LogP contribution is 2.15. The van der Waals surface area contributed by atoms with Crippen molar-refractivity contribution in [1.82, 2.24) is 20.1 Å². The number of aliphatic hydroxyl groups excluding tert-OH is 1. The molecule has 2 N–H and O–H groups in total. The zero-order valence-corrected chi connectivity index (χ0v) is 13.0. The topological polar surface area (TPSA) is 63.0 Å². The second-order valence-corrected chi connectivity index (χ2v) is 5.70. The summed E-state index contributed by atoms with van der Waals surface area (Å²) in [5, 5.41) is 16.8. The first-order chi connectivity index (χ1) is 10.1. The number of hydrogen-bond donors (Lipinski definition) is 2. The number of rotatable bonds is 7. The van der Waals surface area contributed by atoms with Gasteiger partial charge in [0.15, 0.2) is 0 Å². The van der Waals surface area contributed by atoms with Gasteiger partial charge < -0.3 is 10.4 Å². The third-order valence-electron chi connectivity index (χ3n) is 3.74. The molecule has 5 nitrogen and oxygen atoms in total. The number of hydrogen-bond acceptors (Lipinski definition) is 4. The van der Waals surface area contributed by atoms with Crippen LogP contribution >= 0.6 is 0 Å². The molecule has 0 saturated carbocycles. The normalized spacial score (nSPS) is 12.8. The second kappa shape index (κ2) is 7.33. The first-order valence-corrected chi connectivity index (χ1v) is 7.40. The summed E-state index contributed by atoms with van der Waals surface area (Å²) in [6.07, 6.45) is 4.03. The highest BCUT2D eigenvalue weighted by molar-refractivity contribution is 5.41. The largest absolute Gasteiger partial charge is 0.396 e. The van der Waals surface area contributed by atoms with Gasteiger partial charge in [0.2, 0.25) is 0 Å². The van der Waals surface area contributed by atoms with Crippen molar-refractivity contribution in [1.29, 1.82) is 0 Å². The molecule has 2 rings (SSSR count). The Kier molecular flexibility index (Phi) is 5.47. The minimum atomic E-state index is 0.222. The van der Waals surface area contributed by atoms with E-state index in [1.807, 2.05) is 0 Å². The summed E-state index contributed by atoms with van der Waals surface area (Å²) >= 11 is 0. The zero-order chi connectivity index (χ0) is 15.2. The zero-order valence-electron chi connectivity index (χ0n) is 13.0. The lowest BCUT2D eigenvalue weighted by atomic mass is 10.0. The van der Waals surface area contributed by atoms with E-state index < -0.39 is 0 Å². The molecule has 0 radical (unpaired) electrons. The van der Waals surface area contributed by atoms with Gasteiger partial charge in [0.1, 0.15) is 12.7 Å². The van der Waals surface area contributed by atoms with Gasteiger partial charge in [0, 0.05) is 19.2 Å². The molecule has 0 bridgehead atoms. The maximum absolute atomic E-state index is 9.11. The molecule has 0 aliphatic heterocycles. The molecule has 0 aliphatic carbocycles. The summed E-state index contributed by atoms with van der Waals surface area (Å²) < 4.78 is 1.77. The van der Waals surface area contributed by atoms with E-state index in [4.69, 9.17) is 5.11 Å². The number of nitrogens with zero attached hydrogens (tertiary/aromatic N) is 3. The highest BCUT2D eigenvalue weighted by Gasteiger charge is 2.12. The molecule has 0 fully saturated rings. The Bertz CT molecular complexity index is 551. The monoisotopic (exact) mass is 288 g/mol. The fourth-order valence-electron chi connectivity index (χ4n) is 2.48. The van der Waals surface area contributed by atoms with Crippen LogP contribution in [0.5, 0.6) is 0 Å². The van der Waals surface area contributed by atoms with Gasteiger partial charge in [0.25, 0.3) is 0 Å². The summed E-state index contributed by atoms with van der Waals surface area (Å²) in [5.41, 5.74) is 3.45. The predicted molar refractivity (Wildman–Crippen MR) is 83.3 cm³/mol. The van der Waals surface area contributed by atoms with Crippen molar-refractivity contribution in [3.8, 4) is 5.69 Å². The molecular weight excluding hydrogens is 264 g/mol. The van der Waals surface area contributed by atoms with E-state index in [1.165, 1.54) is 17.5 Å². The van der Waals surface area contributed by atoms with E-state index in [1.54, 1.807) is 11.0 Å². The lowest BCUT2D eigenvalue weighted by Gasteiger charge is -2.22. The first kappa shape index (κ1) is 15.7. The van der Waals surface area contributed by atoms with E-state index in [2.05, 4.69) is 54.4 Å². The smallest absolute Gasteiger partial charge is 0.138 e. The van der Waals surface area contributed by atoms with Gasteiger partial charge in [-0.25, -0.2) is 9.67 Å². The summed E-state index contributed by atoms with van der Waals surface area (Å²) in [6.45, 7) is 7.45. The average Bonchev–Trinajstić information content (AvgIpc) is 2.97. The Morgan fingerprint density at radius 3 is 2.71 bits per heavy atom. The van der Waals surface area contributed by atoms with Crippen LogP contribution in [0.4, 0.5) is 0 Å². The van der Waals surface area contributed by atoms with Crippen LogP contribution in [0.2, 0.25) is 0 Å². The van der Waals surface area contributed by atoms with Gasteiger partial charge in [-0.15, -0.1) is 0 Å². The fourth-order valence-corrected chi connectivity index (χ4v) is 2.48. The van der Waals surface area contributed by atoms with Crippen LogP contribution in [-0.2, 0) is 6.54 Å². The van der Waals surface area contributed by atoms with Gasteiger partial charge in [-0.05, 0) is 36.5 Å². The number of nitrogens with one attached hydrogen (secondary N) is 1. The third-order valence-corrected chi connectivity index (χ3v) is 3.74. The van der Waals surface area contributed by atoms with Crippen LogP contribution in [0, 0.1) is 12.8 Å². The molecule has 1 aromatic heterocycles. The predicted octanol–water partition coefficient (Wildman–Crippen LogP) is 2.07. The van der Waals surface area contributed by atoms with Gasteiger partial charge >= 0.3 is 0 Å². The molecule has 21 heavy (non-hydrogen) atoms. The quantitative estimate of drug-likeness (QED) is 0.819. The lowest BCUT2D eigenvalue weighted by molar-refractivity contribution is 0.244. The van der Waals surface area contributed by atoms with E-state index in [0.717, 1.165) is 18.7 Å². The highest BCUT2D eigenvalue weighted by atomic mass is 16.3. The standard InChI is InChI=1S/C16H24N4O/c1-12(2)15(6-7-21)18-9-14-4-5-16(13(3)8-14)20-11-17-10-19-20/h4-5,8,10-12,15,18,21H,6-7,9H2,1-3H3. The molecule has 5 heteroatoms. The number of aromatic nitrogens is 3. The molecule has 0 spiro atoms. The summed E-state index contributed by atoms with van der Waals surface area (Å²) in [6, 6.07) is 6.68. The second-order valence-electron chi connectivity index (χ2n) is 5.70. The molecule has 2 aromatic rings. The molecule has 0 amide bonds. The first-order valence-electron chi connectivity index (χ1n) is 7.40. The maximum atomic E-state index is 9.11. The van der Waals surface area contributed by atoms with Gasteiger partial charge in [-0.1, -0.05) is 26.0 Å². The van der Waals surface area contributed by atoms with Crippen molar-refractivity contribution >= 4 is 0 Å². The van der Waals surface area contributed by atoms with Crippen molar-refractivity contribution in [2.75, 3.05) is 6.61 Å². The molecular formula is C16H24N4O. The minimum Gasteiger partial charge on any atom is -0.396 e. The fraction of sp³-hybridized carbons (Fsp3) is 0.500. The van der Waals surface area contributed by atoms with Crippen LogP contribution < -0.4 is 5.32 Å². The van der Waals surface area contributed by atoms with Crippen molar-refractivity contribution in [3.05, 3.63) is 42.0 Å². The Labute approximate surface area is 126 Å². The summed E-state index contributed by atoms with van der Waals surface area (Å²) in [7, 11) is 0. The number of aryl methyl sites for hydroxylation is 1. The van der Waals surface area contributed by atoms with Crippen molar-refractivity contribution in [2.45, 2.75) is 39.8 Å². The molecule has 1 unspecified atom stereocenters. The van der Waals surface area contributed by atoms with E-state index in [-0.39, 0.29) is 6.61 Å². The van der Waals surface area contributed by atoms with Gasteiger partial charge in [-0.3, -0.25) is 0 Å². The molecule has 1 atom stereocenters. The molecule has 0 saturated heterocycles. The van der Waals surface area contributed by atoms with Gasteiger partial charge in [0.05, 0.1) is 5.69 Å². The van der Waals surface area contributed by atoms with Gasteiger partial charge in [-0.2, -0.15) is 5.10 Å². The Morgan fingerprint density at radius 2 is 2.14 bits per heavy atom. The summed E-state index contributed by atoms with van der Waals surface area (Å²) in [5.74, 6) is 0.507. The average molecular weight is 288 g/mol. The van der Waals surface area contributed by atoms with Crippen LogP contribution in [0.3, 0.4) is 0 Å². The SMILES string of the molecule is Cc1cc(CNC(CCO)C(C)C)ccc1-n1cncn1. The molecule has 0 aliphatic rings. The minimum absolute atomic E-state index is 0.222. The molecule has 1 aromatic carbocycles. The van der Waals surface area contributed by atoms with Crippen LogP contribution in [-0.4, -0.2) is 32.5 Å². The van der Waals surface area contributed by atoms with Crippen molar-refractivity contribution in [2.24, 2.45) is 5.92 Å². The van der Waals surface area contributed by atoms with Crippen LogP contribution in [0.15, 0.2) is 30.9 Å². The molecule has 114 valence electrons. The lowest BCUT2D eigenvalue weighted by Crippen LogP contribution is -2.34. The van der Waals surface area contributed by atoms with Crippen LogP contribution in [0.25, 0.3) is 5.69 Å². The van der Waals surface area contributed by atoms with E-state index >= 15 is 0 Å². The number of benzene rings is 1. The maximum Gasteiger partial charge on any atom is 0.138 e. The van der Waals surface area contributed by atoms with Crippen LogP contribution in [0.1, 0.15) is 31.4 Å². The number of aliphatic hydroxyl groups is 1. The van der Waals surface area contributed by atoms with Crippen molar-refractivity contribution in [3.63, 3.8) is 0 Å². The Hall–Kier alpha value is -1.72. The summed E-state index contributed by atoms with van der Waals surface area (Å²) in [4.78, 5) is 3.98. The Morgan fingerprint density at radius 1 is 1.33 bits per heavy atom. The van der Waals surface area contributed by atoms with Crippen molar-refractivity contribution < 1.29 is 5.11 Å². The molecule has 1 heterocycles. The third kappa shape index (κ3) is 4.12. The van der Waals surface area contributed by atoms with E-state index in [9.17, 15) is 0 Å². The Balaban J connectivity index is 2.03. The van der Waals surface area contributed by atoms with E-state index in [0.29, 0.717) is 12.0 Å².